The largest absolute Gasteiger partial charge is 0.441 e. The molecular formula is C23H24N2O4. The van der Waals surface area contributed by atoms with Gasteiger partial charge in [-0.25, -0.2) is 9.69 Å². The standard InChI is InChI=1S/C23H24N2O4/c1-15-19(20(24-29-15)17-12-8-5-9-13-17)21(26)25-18(23(2,3)28-22(25)27)14-16-10-6-4-7-11-16/h4-13,15,18-19H,14H2,1-3H3/t15?,18-,19+/m0/s1. The van der Waals surface area contributed by atoms with E-state index >= 15 is 0 Å². The molecule has 2 aliphatic heterocycles. The molecule has 1 saturated heterocycles. The molecule has 3 atom stereocenters. The van der Waals surface area contributed by atoms with Crippen LogP contribution in [0.3, 0.4) is 0 Å². The molecule has 0 bridgehead atoms. The average molecular weight is 392 g/mol. The first kappa shape index (κ1) is 19.2. The van der Waals surface area contributed by atoms with Crippen molar-refractivity contribution in [2.45, 2.75) is 44.9 Å². The number of carbonyl (C=O) groups is 2. The molecule has 6 heteroatoms. The monoisotopic (exact) mass is 392 g/mol. The van der Waals surface area contributed by atoms with Gasteiger partial charge in [0.25, 0.3) is 0 Å². The topological polar surface area (TPSA) is 68.2 Å². The van der Waals surface area contributed by atoms with Crippen molar-refractivity contribution in [2.75, 3.05) is 0 Å². The van der Waals surface area contributed by atoms with E-state index in [1.807, 2.05) is 74.5 Å². The van der Waals surface area contributed by atoms with Crippen LogP contribution in [0.15, 0.2) is 65.8 Å². The zero-order valence-electron chi connectivity index (χ0n) is 16.7. The first-order valence-corrected chi connectivity index (χ1v) is 9.77. The van der Waals surface area contributed by atoms with Gasteiger partial charge in [-0.3, -0.25) is 4.79 Å². The number of cyclic esters (lactones) is 1. The zero-order chi connectivity index (χ0) is 20.6. The summed E-state index contributed by atoms with van der Waals surface area (Å²) in [6.45, 7) is 5.47. The second-order valence-corrected chi connectivity index (χ2v) is 8.02. The second kappa shape index (κ2) is 7.35. The molecule has 1 unspecified atom stereocenters. The lowest BCUT2D eigenvalue weighted by atomic mass is 9.88. The molecule has 4 rings (SSSR count). The Bertz CT molecular complexity index is 940. The first-order chi connectivity index (χ1) is 13.9. The molecule has 29 heavy (non-hydrogen) atoms. The highest BCUT2D eigenvalue weighted by molar-refractivity contribution is 6.16. The molecule has 0 aromatic heterocycles. The third-order valence-corrected chi connectivity index (χ3v) is 5.59. The highest BCUT2D eigenvalue weighted by atomic mass is 16.6. The van der Waals surface area contributed by atoms with Crippen molar-refractivity contribution >= 4 is 17.7 Å². The van der Waals surface area contributed by atoms with Crippen LogP contribution in [0.25, 0.3) is 0 Å². The van der Waals surface area contributed by atoms with Crippen LogP contribution < -0.4 is 0 Å². The number of imide groups is 1. The summed E-state index contributed by atoms with van der Waals surface area (Å²) in [6, 6.07) is 18.8. The van der Waals surface area contributed by atoms with Crippen LogP contribution in [-0.4, -0.2) is 40.4 Å². The maximum atomic E-state index is 13.6. The van der Waals surface area contributed by atoms with E-state index in [1.165, 1.54) is 4.90 Å². The first-order valence-electron chi connectivity index (χ1n) is 9.77. The molecule has 0 N–H and O–H groups in total. The molecule has 1 fully saturated rings. The number of carbonyl (C=O) groups excluding carboxylic acids is 2. The van der Waals surface area contributed by atoms with E-state index in [-0.39, 0.29) is 5.91 Å². The van der Waals surface area contributed by atoms with Gasteiger partial charge in [-0.1, -0.05) is 65.8 Å². The van der Waals surface area contributed by atoms with Gasteiger partial charge < -0.3 is 9.57 Å². The number of oxime groups is 1. The summed E-state index contributed by atoms with van der Waals surface area (Å²) in [5.74, 6) is -1.01. The summed E-state index contributed by atoms with van der Waals surface area (Å²) in [5, 5.41) is 4.15. The minimum absolute atomic E-state index is 0.339. The average Bonchev–Trinajstić information content (AvgIpc) is 3.19. The molecule has 0 radical (unpaired) electrons. The van der Waals surface area contributed by atoms with Crippen LogP contribution in [0.1, 0.15) is 31.9 Å². The molecule has 150 valence electrons. The Morgan fingerprint density at radius 3 is 2.34 bits per heavy atom. The van der Waals surface area contributed by atoms with E-state index in [0.717, 1.165) is 11.1 Å². The third kappa shape index (κ3) is 3.50. The lowest BCUT2D eigenvalue weighted by Crippen LogP contribution is -2.50. The fraction of sp³-hybridized carbons (Fsp3) is 0.348. The summed E-state index contributed by atoms with van der Waals surface area (Å²) in [4.78, 5) is 33.1. The van der Waals surface area contributed by atoms with E-state index < -0.39 is 29.8 Å². The van der Waals surface area contributed by atoms with Crippen LogP contribution in [0.2, 0.25) is 0 Å². The predicted octanol–water partition coefficient (Wildman–Crippen LogP) is 3.79. The Hall–Kier alpha value is -3.15. The summed E-state index contributed by atoms with van der Waals surface area (Å²) in [7, 11) is 0. The second-order valence-electron chi connectivity index (χ2n) is 8.02. The van der Waals surface area contributed by atoms with E-state index in [2.05, 4.69) is 5.16 Å². The van der Waals surface area contributed by atoms with Crippen molar-refractivity contribution < 1.29 is 19.2 Å². The Labute approximate surface area is 170 Å². The van der Waals surface area contributed by atoms with Crippen molar-refractivity contribution in [3.05, 3.63) is 71.8 Å². The van der Waals surface area contributed by atoms with Gasteiger partial charge in [-0.15, -0.1) is 0 Å². The summed E-state index contributed by atoms with van der Waals surface area (Å²) < 4.78 is 5.59. The highest BCUT2D eigenvalue weighted by Crippen LogP contribution is 2.35. The molecule has 2 aliphatic rings. The summed E-state index contributed by atoms with van der Waals surface area (Å²) in [5.41, 5.74) is 1.59. The number of benzene rings is 2. The van der Waals surface area contributed by atoms with Gasteiger partial charge in [0, 0.05) is 5.56 Å². The van der Waals surface area contributed by atoms with E-state index in [1.54, 1.807) is 6.92 Å². The van der Waals surface area contributed by atoms with E-state index in [0.29, 0.717) is 12.1 Å². The number of rotatable bonds is 4. The van der Waals surface area contributed by atoms with Crippen LogP contribution in [0, 0.1) is 5.92 Å². The van der Waals surface area contributed by atoms with Gasteiger partial charge >= 0.3 is 6.09 Å². The number of hydrogen-bond donors (Lipinski definition) is 0. The quantitative estimate of drug-likeness (QED) is 0.794. The lowest BCUT2D eigenvalue weighted by molar-refractivity contribution is -0.134. The summed E-state index contributed by atoms with van der Waals surface area (Å²) >= 11 is 0. The van der Waals surface area contributed by atoms with Gasteiger partial charge in [0.1, 0.15) is 23.3 Å². The minimum atomic E-state index is -0.796. The number of ether oxygens (including phenoxy) is 1. The lowest BCUT2D eigenvalue weighted by Gasteiger charge is -2.29. The van der Waals surface area contributed by atoms with Crippen LogP contribution in [0.5, 0.6) is 0 Å². The molecule has 2 heterocycles. The van der Waals surface area contributed by atoms with Crippen LogP contribution in [0.4, 0.5) is 4.79 Å². The summed E-state index contributed by atoms with van der Waals surface area (Å²) in [6.07, 6.45) is -0.565. The fourth-order valence-corrected chi connectivity index (χ4v) is 3.99. The van der Waals surface area contributed by atoms with Crippen molar-refractivity contribution in [1.29, 1.82) is 0 Å². The highest BCUT2D eigenvalue weighted by Gasteiger charge is 2.54. The van der Waals surface area contributed by atoms with Crippen LogP contribution >= 0.6 is 0 Å². The van der Waals surface area contributed by atoms with Crippen molar-refractivity contribution in [2.24, 2.45) is 11.1 Å². The van der Waals surface area contributed by atoms with Crippen molar-refractivity contribution in [3.63, 3.8) is 0 Å². The van der Waals surface area contributed by atoms with Crippen molar-refractivity contribution in [3.8, 4) is 0 Å². The zero-order valence-corrected chi connectivity index (χ0v) is 16.7. The SMILES string of the molecule is CC1ON=C(c2ccccc2)[C@@H]1C(=O)N1C(=O)OC(C)(C)[C@@H]1Cc1ccccc1. The fourth-order valence-electron chi connectivity index (χ4n) is 3.99. The molecule has 2 aromatic rings. The van der Waals surface area contributed by atoms with Gasteiger partial charge in [-0.2, -0.15) is 0 Å². The maximum Gasteiger partial charge on any atom is 0.417 e. The minimum Gasteiger partial charge on any atom is -0.441 e. The molecule has 0 spiro atoms. The van der Waals surface area contributed by atoms with Crippen molar-refractivity contribution in [1.82, 2.24) is 4.90 Å². The van der Waals surface area contributed by atoms with Gasteiger partial charge in [0.15, 0.2) is 0 Å². The van der Waals surface area contributed by atoms with Crippen LogP contribution in [-0.2, 0) is 20.8 Å². The number of hydrogen-bond acceptors (Lipinski definition) is 5. The van der Waals surface area contributed by atoms with E-state index in [4.69, 9.17) is 9.57 Å². The molecule has 2 aromatic carbocycles. The molecule has 0 aliphatic carbocycles. The predicted molar refractivity (Wildman–Crippen MR) is 108 cm³/mol. The maximum absolute atomic E-state index is 13.6. The third-order valence-electron chi connectivity index (χ3n) is 5.59. The van der Waals surface area contributed by atoms with Gasteiger partial charge in [-0.05, 0) is 32.8 Å². The Morgan fingerprint density at radius 1 is 1.07 bits per heavy atom. The smallest absolute Gasteiger partial charge is 0.417 e. The molecule has 0 saturated carbocycles. The van der Waals surface area contributed by atoms with Gasteiger partial charge in [0.2, 0.25) is 5.91 Å². The molecule has 2 amide bonds. The molecule has 6 nitrogen and oxygen atoms in total. The Morgan fingerprint density at radius 2 is 1.69 bits per heavy atom. The Kier molecular flexibility index (Phi) is 4.86. The van der Waals surface area contributed by atoms with Gasteiger partial charge in [0.05, 0.1) is 6.04 Å². The Balaban J connectivity index is 1.66. The normalized spacial score (nSPS) is 25.3. The number of nitrogens with zero attached hydrogens (tertiary/aromatic N) is 2. The number of amides is 2. The van der Waals surface area contributed by atoms with E-state index in [9.17, 15) is 9.59 Å². The molecular weight excluding hydrogens is 368 g/mol.